The number of anilines is 2. The van der Waals surface area contributed by atoms with Crippen LogP contribution in [0.25, 0.3) is 0 Å². The van der Waals surface area contributed by atoms with Crippen LogP contribution < -0.4 is 15.1 Å². The summed E-state index contributed by atoms with van der Waals surface area (Å²) in [4.78, 5) is 38.3. The number of carbonyl (C=O) groups is 3. The van der Waals surface area contributed by atoms with Crippen molar-refractivity contribution in [2.45, 2.75) is 38.3 Å². The number of halogens is 1. The van der Waals surface area contributed by atoms with Crippen LogP contribution in [0.5, 0.6) is 0 Å². The lowest BCUT2D eigenvalue weighted by atomic mass is 10.0. The summed E-state index contributed by atoms with van der Waals surface area (Å²) in [5, 5.41) is 2.75. The molecule has 4 rings (SSSR count). The topological polar surface area (TPSA) is 79.0 Å². The smallest absolute Gasteiger partial charge is 0.415 e. The summed E-state index contributed by atoms with van der Waals surface area (Å²) in [6, 6.07) is 2.82. The number of nitrogens with zero attached hydrogens (tertiary/aromatic N) is 2. The van der Waals surface area contributed by atoms with Crippen molar-refractivity contribution in [3.8, 4) is 0 Å². The molecule has 1 N–H and O–H groups in total. The third-order valence-corrected chi connectivity index (χ3v) is 5.22. The molecule has 0 aliphatic carbocycles. The summed E-state index contributed by atoms with van der Waals surface area (Å²) < 4.78 is 20.1. The van der Waals surface area contributed by atoms with Crippen LogP contribution in [0.2, 0.25) is 0 Å². The first-order valence-corrected chi connectivity index (χ1v) is 9.04. The zero-order chi connectivity index (χ0) is 19.1. The molecule has 0 aromatic heterocycles. The number of cyclic esters (lactones) is 1. The lowest BCUT2D eigenvalue weighted by Gasteiger charge is -2.24. The van der Waals surface area contributed by atoms with E-state index in [4.69, 9.17) is 4.74 Å². The van der Waals surface area contributed by atoms with Crippen LogP contribution in [0.4, 0.5) is 20.6 Å². The summed E-state index contributed by atoms with van der Waals surface area (Å²) in [5.41, 5.74) is 1.75. The zero-order valence-electron chi connectivity index (χ0n) is 14.9. The fourth-order valence-corrected chi connectivity index (χ4v) is 3.77. The van der Waals surface area contributed by atoms with Crippen molar-refractivity contribution < 1.29 is 23.5 Å². The van der Waals surface area contributed by atoms with Crippen LogP contribution in [0.1, 0.15) is 25.3 Å². The van der Waals surface area contributed by atoms with E-state index in [0.717, 1.165) is 5.56 Å². The van der Waals surface area contributed by atoms with E-state index in [0.29, 0.717) is 37.2 Å². The molecule has 8 heteroatoms. The van der Waals surface area contributed by atoms with E-state index in [9.17, 15) is 18.8 Å². The molecule has 1 saturated heterocycles. The molecule has 3 heterocycles. The van der Waals surface area contributed by atoms with Gasteiger partial charge >= 0.3 is 6.09 Å². The molecule has 0 radical (unpaired) electrons. The van der Waals surface area contributed by atoms with E-state index in [1.165, 1.54) is 17.0 Å². The van der Waals surface area contributed by atoms with Gasteiger partial charge in [0.1, 0.15) is 11.9 Å². The highest BCUT2D eigenvalue weighted by molar-refractivity contribution is 5.95. The summed E-state index contributed by atoms with van der Waals surface area (Å²) in [6.45, 7) is 2.41. The average molecular weight is 373 g/mol. The van der Waals surface area contributed by atoms with Crippen LogP contribution in [0.3, 0.4) is 0 Å². The molecular weight excluding hydrogens is 353 g/mol. The van der Waals surface area contributed by atoms with Crippen molar-refractivity contribution in [3.05, 3.63) is 35.8 Å². The van der Waals surface area contributed by atoms with Crippen molar-refractivity contribution in [1.82, 2.24) is 5.32 Å². The molecule has 2 amide bonds. The lowest BCUT2D eigenvalue weighted by molar-refractivity contribution is -0.121. The van der Waals surface area contributed by atoms with Gasteiger partial charge in [-0.05, 0) is 24.1 Å². The van der Waals surface area contributed by atoms with Crippen LogP contribution in [-0.2, 0) is 20.7 Å². The van der Waals surface area contributed by atoms with E-state index >= 15 is 0 Å². The Bertz CT molecular complexity index is 854. The summed E-state index contributed by atoms with van der Waals surface area (Å²) in [6.07, 6.45) is 3.26. The van der Waals surface area contributed by atoms with Gasteiger partial charge < -0.3 is 15.0 Å². The number of hydrogen-bond donors (Lipinski definition) is 1. The highest BCUT2D eigenvalue weighted by Crippen LogP contribution is 2.41. The molecule has 7 nitrogen and oxygen atoms in total. The molecule has 142 valence electrons. The molecule has 1 aromatic carbocycles. The normalized spacial score (nSPS) is 23.3. The highest BCUT2D eigenvalue weighted by atomic mass is 19.1. The van der Waals surface area contributed by atoms with Gasteiger partial charge in [-0.15, -0.1) is 0 Å². The Labute approximate surface area is 155 Å². The van der Waals surface area contributed by atoms with Gasteiger partial charge in [-0.2, -0.15) is 0 Å². The third-order valence-electron chi connectivity index (χ3n) is 5.22. The molecule has 0 unspecified atom stereocenters. The predicted octanol–water partition coefficient (Wildman–Crippen LogP) is 1.89. The number of ether oxygens (including phenoxy) is 1. The molecule has 1 fully saturated rings. The van der Waals surface area contributed by atoms with Gasteiger partial charge in [-0.1, -0.05) is 6.92 Å². The predicted molar refractivity (Wildman–Crippen MR) is 96.1 cm³/mol. The van der Waals surface area contributed by atoms with Crippen molar-refractivity contribution in [3.63, 3.8) is 0 Å². The molecule has 1 aromatic rings. The molecule has 0 saturated carbocycles. The summed E-state index contributed by atoms with van der Waals surface area (Å²) in [7, 11) is 0. The number of rotatable bonds is 4. The van der Waals surface area contributed by atoms with Crippen LogP contribution >= 0.6 is 0 Å². The Morgan fingerprint density at radius 1 is 1.33 bits per heavy atom. The van der Waals surface area contributed by atoms with Gasteiger partial charge in [-0.3, -0.25) is 14.5 Å². The third kappa shape index (κ3) is 3.05. The Kier molecular flexibility index (Phi) is 4.33. The maximum atomic E-state index is 14.7. The first-order chi connectivity index (χ1) is 13.0. The van der Waals surface area contributed by atoms with Crippen LogP contribution in [0.15, 0.2) is 24.4 Å². The Hall–Kier alpha value is -2.90. The Balaban J connectivity index is 1.58. The number of nitrogens with one attached hydrogen (secondary N) is 1. The largest absolute Gasteiger partial charge is 0.442 e. The maximum absolute atomic E-state index is 14.7. The standard InChI is InChI=1S/C19H20FN3O4/c1-2-18(25)21-10-17-16-8-11-7-15(22-5-3-12(24)4-6-22)13(20)9-14(11)23(16)19(26)27-17/h3,5,7,9,16-17H,2,4,6,8,10H2,1H3,(H,21,25)/t16-,17-/m0/s1. The minimum atomic E-state index is -0.523. The van der Waals surface area contributed by atoms with Crippen molar-refractivity contribution in [2.75, 3.05) is 22.9 Å². The van der Waals surface area contributed by atoms with E-state index in [-0.39, 0.29) is 24.3 Å². The number of benzene rings is 1. The number of hydrogen-bond acceptors (Lipinski definition) is 5. The molecule has 3 aliphatic rings. The second-order valence-corrected chi connectivity index (χ2v) is 6.88. The number of amides is 2. The Morgan fingerprint density at radius 3 is 2.85 bits per heavy atom. The van der Waals surface area contributed by atoms with Crippen LogP contribution in [0, 0.1) is 5.82 Å². The fraction of sp³-hybridized carbons (Fsp3) is 0.421. The van der Waals surface area contributed by atoms with Crippen LogP contribution in [-0.4, -0.2) is 43.0 Å². The fourth-order valence-electron chi connectivity index (χ4n) is 3.77. The first-order valence-electron chi connectivity index (χ1n) is 9.04. The summed E-state index contributed by atoms with van der Waals surface area (Å²) >= 11 is 0. The van der Waals surface area contributed by atoms with Gasteiger partial charge in [0.05, 0.1) is 24.0 Å². The zero-order valence-corrected chi connectivity index (χ0v) is 14.9. The highest BCUT2D eigenvalue weighted by Gasteiger charge is 2.47. The SMILES string of the molecule is CCC(=O)NC[C@@H]1OC(=O)N2c3cc(F)c(N4C=CC(=O)CC4)cc3C[C@@H]12. The monoisotopic (exact) mass is 373 g/mol. The van der Waals surface area contributed by atoms with Crippen molar-refractivity contribution in [2.24, 2.45) is 0 Å². The molecule has 0 spiro atoms. The molecule has 0 bridgehead atoms. The van der Waals surface area contributed by atoms with E-state index in [2.05, 4.69) is 5.32 Å². The van der Waals surface area contributed by atoms with Gasteiger partial charge in [0.25, 0.3) is 0 Å². The van der Waals surface area contributed by atoms with Gasteiger partial charge in [0.15, 0.2) is 5.78 Å². The van der Waals surface area contributed by atoms with Gasteiger partial charge in [-0.25, -0.2) is 9.18 Å². The number of ketones is 1. The van der Waals surface area contributed by atoms with Gasteiger partial charge in [0.2, 0.25) is 5.91 Å². The van der Waals surface area contributed by atoms with Gasteiger partial charge in [0, 0.05) is 31.7 Å². The van der Waals surface area contributed by atoms with E-state index in [1.807, 2.05) is 0 Å². The number of fused-ring (bicyclic) bond motifs is 3. The maximum Gasteiger partial charge on any atom is 0.415 e. The molecule has 27 heavy (non-hydrogen) atoms. The number of carbonyl (C=O) groups excluding carboxylic acids is 3. The minimum absolute atomic E-state index is 0.0215. The molecular formula is C19H20FN3O4. The second-order valence-electron chi connectivity index (χ2n) is 6.88. The van der Waals surface area contributed by atoms with Crippen molar-refractivity contribution >= 4 is 29.2 Å². The quantitative estimate of drug-likeness (QED) is 0.872. The first kappa shape index (κ1) is 17.5. The second kappa shape index (κ2) is 6.68. The Morgan fingerprint density at radius 2 is 2.15 bits per heavy atom. The van der Waals surface area contributed by atoms with E-state index < -0.39 is 18.0 Å². The minimum Gasteiger partial charge on any atom is -0.442 e. The summed E-state index contributed by atoms with van der Waals surface area (Å²) in [5.74, 6) is -0.545. The molecule has 3 aliphatic heterocycles. The average Bonchev–Trinajstić information content (AvgIpc) is 3.17. The lowest BCUT2D eigenvalue weighted by Crippen LogP contribution is -2.40. The van der Waals surface area contributed by atoms with Crippen molar-refractivity contribution in [1.29, 1.82) is 0 Å². The van der Waals surface area contributed by atoms with E-state index in [1.54, 1.807) is 24.1 Å². The molecule has 2 atom stereocenters. The number of allylic oxidation sites excluding steroid dienone is 1.